The molecule has 110 valence electrons. The molecular formula is C13H18Cl2N4S. The van der Waals surface area contributed by atoms with Gasteiger partial charge in [-0.3, -0.25) is 0 Å². The Balaban J connectivity index is 2.18. The average molecular weight is 333 g/mol. The minimum Gasteiger partial charge on any atom is -0.313 e. The van der Waals surface area contributed by atoms with Gasteiger partial charge in [0.25, 0.3) is 0 Å². The van der Waals surface area contributed by atoms with E-state index in [0.717, 1.165) is 28.7 Å². The maximum Gasteiger partial charge on any atom is 0.138 e. The molecule has 1 atom stereocenters. The van der Waals surface area contributed by atoms with Crippen LogP contribution in [-0.2, 0) is 13.0 Å². The first kappa shape index (κ1) is 15.8. The van der Waals surface area contributed by atoms with Gasteiger partial charge in [0, 0.05) is 24.6 Å². The number of hydrogen-bond donors (Lipinski definition) is 1. The summed E-state index contributed by atoms with van der Waals surface area (Å²) in [4.78, 5) is 4.36. The molecule has 1 unspecified atom stereocenters. The third-order valence-corrected chi connectivity index (χ3v) is 4.55. The summed E-state index contributed by atoms with van der Waals surface area (Å²) in [5, 5.41) is 7.56. The van der Waals surface area contributed by atoms with Gasteiger partial charge in [0.2, 0.25) is 0 Å². The monoisotopic (exact) mass is 332 g/mol. The van der Waals surface area contributed by atoms with Crippen molar-refractivity contribution in [2.24, 2.45) is 5.92 Å². The molecule has 7 heteroatoms. The lowest BCUT2D eigenvalue weighted by molar-refractivity contribution is 0.451. The molecule has 0 aliphatic rings. The van der Waals surface area contributed by atoms with Crippen molar-refractivity contribution in [1.82, 2.24) is 20.1 Å². The summed E-state index contributed by atoms with van der Waals surface area (Å²) in [5.74, 6) is 1.49. The topological polar surface area (TPSA) is 42.7 Å². The highest BCUT2D eigenvalue weighted by molar-refractivity contribution is 7.20. The van der Waals surface area contributed by atoms with Crippen LogP contribution in [0.3, 0.4) is 0 Å². The Morgan fingerprint density at radius 2 is 2.15 bits per heavy atom. The minimum atomic E-state index is 0.0846. The molecule has 0 fully saturated rings. The first-order valence-corrected chi connectivity index (χ1v) is 8.07. The lowest BCUT2D eigenvalue weighted by Gasteiger charge is -2.16. The minimum absolute atomic E-state index is 0.0846. The van der Waals surface area contributed by atoms with Crippen molar-refractivity contribution in [3.63, 3.8) is 0 Å². The van der Waals surface area contributed by atoms with E-state index in [9.17, 15) is 0 Å². The summed E-state index contributed by atoms with van der Waals surface area (Å²) >= 11 is 13.6. The van der Waals surface area contributed by atoms with Crippen LogP contribution < -0.4 is 5.32 Å². The summed E-state index contributed by atoms with van der Waals surface area (Å²) in [7, 11) is 1.91. The molecule has 2 aromatic rings. The third kappa shape index (κ3) is 3.73. The molecule has 2 heterocycles. The van der Waals surface area contributed by atoms with E-state index < -0.39 is 0 Å². The first-order valence-electron chi connectivity index (χ1n) is 6.50. The molecule has 2 rings (SSSR count). The van der Waals surface area contributed by atoms with Gasteiger partial charge in [0.05, 0.1) is 8.67 Å². The second-order valence-electron chi connectivity index (χ2n) is 5.08. The Bertz CT molecular complexity index is 564. The van der Waals surface area contributed by atoms with Crippen molar-refractivity contribution in [1.29, 1.82) is 0 Å². The second kappa shape index (κ2) is 6.89. The van der Waals surface area contributed by atoms with Gasteiger partial charge in [-0.05, 0) is 19.0 Å². The molecular weight excluding hydrogens is 315 g/mol. The predicted octanol–water partition coefficient (Wildman–Crippen LogP) is 3.81. The molecule has 20 heavy (non-hydrogen) atoms. The Morgan fingerprint density at radius 3 is 2.70 bits per heavy atom. The van der Waals surface area contributed by atoms with Crippen molar-refractivity contribution in [3.05, 3.63) is 32.5 Å². The van der Waals surface area contributed by atoms with Crippen LogP contribution in [0.2, 0.25) is 8.67 Å². The normalized spacial score (nSPS) is 13.1. The van der Waals surface area contributed by atoms with E-state index >= 15 is 0 Å². The van der Waals surface area contributed by atoms with E-state index in [1.807, 2.05) is 17.8 Å². The highest BCUT2D eigenvalue weighted by Gasteiger charge is 2.19. The van der Waals surface area contributed by atoms with Gasteiger partial charge in [-0.2, -0.15) is 5.10 Å². The lowest BCUT2D eigenvalue weighted by atomic mass is 10.1. The summed E-state index contributed by atoms with van der Waals surface area (Å²) in [5.41, 5.74) is 1.02. The highest BCUT2D eigenvalue weighted by Crippen LogP contribution is 2.35. The number of aromatic nitrogens is 3. The molecule has 0 saturated carbocycles. The summed E-state index contributed by atoms with van der Waals surface area (Å²) in [6, 6.07) is 2.00. The number of hydrogen-bond acceptors (Lipinski definition) is 4. The fraction of sp³-hybridized carbons (Fsp3) is 0.538. The van der Waals surface area contributed by atoms with Gasteiger partial charge < -0.3 is 5.32 Å². The van der Waals surface area contributed by atoms with Crippen LogP contribution in [0, 0.1) is 5.92 Å². The standard InChI is InChI=1S/C13H18Cl2N4S/c1-8(2)6-19-12(17-7-18-19)5-10(16-3)9-4-11(14)20-13(9)15/h4,7-8,10,16H,5-6H2,1-3H3. The number of likely N-dealkylation sites (N-methyl/N-ethyl adjacent to an activating group) is 1. The van der Waals surface area contributed by atoms with Crippen molar-refractivity contribution in [2.75, 3.05) is 7.05 Å². The number of halogens is 2. The van der Waals surface area contributed by atoms with Gasteiger partial charge >= 0.3 is 0 Å². The molecule has 2 aromatic heterocycles. The molecule has 0 saturated heterocycles. The van der Waals surface area contributed by atoms with Crippen LogP contribution >= 0.6 is 34.5 Å². The van der Waals surface area contributed by atoms with Gasteiger partial charge in [-0.25, -0.2) is 9.67 Å². The zero-order chi connectivity index (χ0) is 14.7. The predicted molar refractivity (Wildman–Crippen MR) is 84.7 cm³/mol. The highest BCUT2D eigenvalue weighted by atomic mass is 35.5. The van der Waals surface area contributed by atoms with Crippen LogP contribution in [0.1, 0.15) is 31.3 Å². The Labute approximate surface area is 133 Å². The average Bonchev–Trinajstić information content (AvgIpc) is 2.92. The number of rotatable bonds is 6. The second-order valence-corrected chi connectivity index (χ2v) is 7.36. The van der Waals surface area contributed by atoms with E-state index in [-0.39, 0.29) is 6.04 Å². The molecule has 0 spiro atoms. The fourth-order valence-electron chi connectivity index (χ4n) is 2.09. The number of nitrogens with zero attached hydrogens (tertiary/aromatic N) is 3. The van der Waals surface area contributed by atoms with Crippen molar-refractivity contribution < 1.29 is 0 Å². The zero-order valence-corrected chi connectivity index (χ0v) is 14.1. The van der Waals surface area contributed by atoms with Crippen molar-refractivity contribution in [3.8, 4) is 0 Å². The Morgan fingerprint density at radius 1 is 1.40 bits per heavy atom. The lowest BCUT2D eigenvalue weighted by Crippen LogP contribution is -2.21. The number of thiophene rings is 1. The van der Waals surface area contributed by atoms with Gasteiger partial charge in [-0.1, -0.05) is 37.0 Å². The third-order valence-electron chi connectivity index (χ3n) is 3.03. The van der Waals surface area contributed by atoms with Crippen LogP contribution in [0.4, 0.5) is 0 Å². The van der Waals surface area contributed by atoms with E-state index in [0.29, 0.717) is 10.3 Å². The summed E-state index contributed by atoms with van der Waals surface area (Å²) in [6.07, 6.45) is 2.34. The molecule has 1 N–H and O–H groups in total. The number of nitrogens with one attached hydrogen (secondary N) is 1. The van der Waals surface area contributed by atoms with E-state index in [4.69, 9.17) is 23.2 Å². The summed E-state index contributed by atoms with van der Waals surface area (Å²) in [6.45, 7) is 5.19. The molecule has 4 nitrogen and oxygen atoms in total. The SMILES string of the molecule is CNC(Cc1ncnn1CC(C)C)c1cc(Cl)sc1Cl. The van der Waals surface area contributed by atoms with Crippen LogP contribution in [0.25, 0.3) is 0 Å². The molecule has 0 aliphatic carbocycles. The molecule has 0 aliphatic heterocycles. The van der Waals surface area contributed by atoms with E-state index in [2.05, 4.69) is 29.2 Å². The van der Waals surface area contributed by atoms with E-state index in [1.165, 1.54) is 11.3 Å². The fourth-order valence-corrected chi connectivity index (χ4v) is 3.66. The largest absolute Gasteiger partial charge is 0.313 e. The molecule has 0 amide bonds. The van der Waals surface area contributed by atoms with Crippen molar-refractivity contribution in [2.45, 2.75) is 32.9 Å². The molecule has 0 radical (unpaired) electrons. The van der Waals surface area contributed by atoms with Crippen LogP contribution in [0.5, 0.6) is 0 Å². The zero-order valence-electron chi connectivity index (χ0n) is 11.7. The van der Waals surface area contributed by atoms with Crippen molar-refractivity contribution >= 4 is 34.5 Å². The van der Waals surface area contributed by atoms with E-state index in [1.54, 1.807) is 6.33 Å². The summed E-state index contributed by atoms with van der Waals surface area (Å²) < 4.78 is 3.38. The van der Waals surface area contributed by atoms with Gasteiger partial charge in [-0.15, -0.1) is 11.3 Å². The van der Waals surface area contributed by atoms with Gasteiger partial charge in [0.1, 0.15) is 12.2 Å². The smallest absolute Gasteiger partial charge is 0.138 e. The maximum atomic E-state index is 6.23. The Kier molecular flexibility index (Phi) is 5.43. The van der Waals surface area contributed by atoms with Gasteiger partial charge in [0.15, 0.2) is 0 Å². The maximum absolute atomic E-state index is 6.23. The Hall–Kier alpha value is -0.620. The quantitative estimate of drug-likeness (QED) is 0.874. The molecule has 0 bridgehead atoms. The molecule has 0 aromatic carbocycles. The first-order chi connectivity index (χ1) is 9.51. The van der Waals surface area contributed by atoms with Crippen LogP contribution in [0.15, 0.2) is 12.4 Å². The van der Waals surface area contributed by atoms with Crippen LogP contribution in [-0.4, -0.2) is 21.8 Å².